The number of hydrogen-bond donors (Lipinski definition) is 3. The Morgan fingerprint density at radius 1 is 1.07 bits per heavy atom. The quantitative estimate of drug-likeness (QED) is 0.615. The molecule has 0 aliphatic rings. The number of aromatic hydroxyl groups is 2. The van der Waals surface area contributed by atoms with E-state index in [0.29, 0.717) is 6.07 Å². The molecular formula is C8H7F3O3. The number of hydrogen-bond acceptors (Lipinski definition) is 3. The van der Waals surface area contributed by atoms with Gasteiger partial charge in [-0.25, -0.2) is 0 Å². The van der Waals surface area contributed by atoms with Crippen LogP contribution in [0.25, 0.3) is 0 Å². The number of rotatable bonds is 1. The van der Waals surface area contributed by atoms with Gasteiger partial charge in [-0.05, 0) is 17.7 Å². The Bertz CT molecular complexity index is 335. The molecule has 0 saturated heterocycles. The van der Waals surface area contributed by atoms with Crippen molar-refractivity contribution in [2.24, 2.45) is 0 Å². The van der Waals surface area contributed by atoms with Crippen LogP contribution in [0.4, 0.5) is 13.2 Å². The number of aliphatic hydroxyl groups excluding tert-OH is 1. The van der Waals surface area contributed by atoms with Crippen LogP contribution in [-0.4, -0.2) is 21.5 Å². The summed E-state index contributed by atoms with van der Waals surface area (Å²) in [7, 11) is 0. The number of benzene rings is 1. The minimum absolute atomic E-state index is 0.521. The topological polar surface area (TPSA) is 60.7 Å². The Hall–Kier alpha value is -1.43. The van der Waals surface area contributed by atoms with Gasteiger partial charge in [0.25, 0.3) is 0 Å². The molecule has 0 radical (unpaired) electrons. The summed E-state index contributed by atoms with van der Waals surface area (Å²) in [6, 6.07) is 2.42. The monoisotopic (exact) mass is 208 g/mol. The molecule has 1 aromatic carbocycles. The lowest BCUT2D eigenvalue weighted by molar-refractivity contribution is -0.206. The predicted octanol–water partition coefficient (Wildman–Crippen LogP) is 1.69. The van der Waals surface area contributed by atoms with E-state index in [2.05, 4.69) is 0 Å². The molecule has 78 valence electrons. The average Bonchev–Trinajstić information content (AvgIpc) is 2.07. The maximum absolute atomic E-state index is 12.0. The minimum atomic E-state index is -4.79. The number of halogens is 3. The molecule has 0 spiro atoms. The molecule has 0 unspecified atom stereocenters. The van der Waals surface area contributed by atoms with Crippen molar-refractivity contribution in [1.29, 1.82) is 0 Å². The smallest absolute Gasteiger partial charge is 0.418 e. The summed E-state index contributed by atoms with van der Waals surface area (Å²) >= 11 is 0. The first-order valence-electron chi connectivity index (χ1n) is 3.59. The van der Waals surface area contributed by atoms with Gasteiger partial charge in [-0.3, -0.25) is 0 Å². The van der Waals surface area contributed by atoms with Crippen molar-refractivity contribution in [3.63, 3.8) is 0 Å². The molecule has 1 atom stereocenters. The molecule has 0 fully saturated rings. The summed E-state index contributed by atoms with van der Waals surface area (Å²) in [5.41, 5.74) is -0.521. The van der Waals surface area contributed by atoms with E-state index in [1.165, 1.54) is 0 Å². The first-order valence-corrected chi connectivity index (χ1v) is 3.59. The van der Waals surface area contributed by atoms with Crippen LogP contribution in [0.3, 0.4) is 0 Å². The highest BCUT2D eigenvalue weighted by molar-refractivity contribution is 5.41. The lowest BCUT2D eigenvalue weighted by atomic mass is 10.1. The van der Waals surface area contributed by atoms with Crippen LogP contribution in [-0.2, 0) is 0 Å². The van der Waals surface area contributed by atoms with Crippen LogP contribution in [0, 0.1) is 0 Å². The first-order chi connectivity index (χ1) is 6.32. The van der Waals surface area contributed by atoms with Crippen molar-refractivity contribution in [1.82, 2.24) is 0 Å². The van der Waals surface area contributed by atoms with Gasteiger partial charge in [-0.1, -0.05) is 6.07 Å². The van der Waals surface area contributed by atoms with Crippen LogP contribution in [0.15, 0.2) is 18.2 Å². The first kappa shape index (κ1) is 10.6. The summed E-state index contributed by atoms with van der Waals surface area (Å²) in [6.07, 6.45) is -7.45. The van der Waals surface area contributed by atoms with Crippen molar-refractivity contribution >= 4 is 0 Å². The third-order valence-electron chi connectivity index (χ3n) is 1.63. The molecular weight excluding hydrogens is 201 g/mol. The zero-order valence-electron chi connectivity index (χ0n) is 6.78. The van der Waals surface area contributed by atoms with Crippen molar-refractivity contribution < 1.29 is 28.5 Å². The van der Waals surface area contributed by atoms with Crippen molar-refractivity contribution in [3.05, 3.63) is 23.8 Å². The maximum Gasteiger partial charge on any atom is 0.418 e. The molecule has 0 aliphatic carbocycles. The highest BCUT2D eigenvalue weighted by Crippen LogP contribution is 2.35. The number of aliphatic hydroxyl groups is 1. The number of phenolic OH excluding ortho intramolecular Hbond substituents is 2. The van der Waals surface area contributed by atoms with Crippen molar-refractivity contribution in [3.8, 4) is 11.5 Å². The number of alkyl halides is 3. The van der Waals surface area contributed by atoms with Crippen LogP contribution < -0.4 is 0 Å². The van der Waals surface area contributed by atoms with Gasteiger partial charge < -0.3 is 15.3 Å². The molecule has 6 heteroatoms. The second-order valence-electron chi connectivity index (χ2n) is 2.69. The molecule has 3 N–H and O–H groups in total. The number of phenols is 2. The Morgan fingerprint density at radius 3 is 2.07 bits per heavy atom. The molecule has 0 aliphatic heterocycles. The van der Waals surface area contributed by atoms with Gasteiger partial charge in [0.15, 0.2) is 17.6 Å². The van der Waals surface area contributed by atoms with E-state index >= 15 is 0 Å². The molecule has 3 nitrogen and oxygen atoms in total. The van der Waals surface area contributed by atoms with E-state index in [0.717, 1.165) is 12.1 Å². The summed E-state index contributed by atoms with van der Waals surface area (Å²) in [5, 5.41) is 26.5. The minimum Gasteiger partial charge on any atom is -0.504 e. The standard InChI is InChI=1S/C8H7F3O3/c9-8(10,11)7(14)4-1-2-5(12)6(13)3-4/h1-3,7,12-14H/t7-/m1/s1. The van der Waals surface area contributed by atoms with Gasteiger partial charge in [0.05, 0.1) is 0 Å². The van der Waals surface area contributed by atoms with E-state index in [1.54, 1.807) is 0 Å². The second-order valence-corrected chi connectivity index (χ2v) is 2.69. The Kier molecular flexibility index (Phi) is 2.57. The van der Waals surface area contributed by atoms with Crippen LogP contribution in [0.2, 0.25) is 0 Å². The highest BCUT2D eigenvalue weighted by Gasteiger charge is 2.39. The largest absolute Gasteiger partial charge is 0.504 e. The summed E-state index contributed by atoms with van der Waals surface area (Å²) < 4.78 is 35.9. The van der Waals surface area contributed by atoms with E-state index in [9.17, 15) is 13.2 Å². The van der Waals surface area contributed by atoms with Crippen LogP contribution >= 0.6 is 0 Å². The second kappa shape index (κ2) is 3.38. The lowest BCUT2D eigenvalue weighted by Gasteiger charge is -2.14. The zero-order valence-corrected chi connectivity index (χ0v) is 6.78. The molecule has 1 rings (SSSR count). The third-order valence-corrected chi connectivity index (χ3v) is 1.63. The summed E-state index contributed by atoms with van der Waals surface area (Å²) in [5.74, 6) is -1.24. The van der Waals surface area contributed by atoms with Crippen molar-refractivity contribution in [2.75, 3.05) is 0 Å². The Morgan fingerprint density at radius 2 is 1.64 bits per heavy atom. The van der Waals surface area contributed by atoms with Gasteiger partial charge in [0.1, 0.15) is 0 Å². The Labute approximate surface area is 77.0 Å². The average molecular weight is 208 g/mol. The van der Waals surface area contributed by atoms with Gasteiger partial charge >= 0.3 is 6.18 Å². The van der Waals surface area contributed by atoms with E-state index in [1.807, 2.05) is 0 Å². The maximum atomic E-state index is 12.0. The van der Waals surface area contributed by atoms with E-state index < -0.39 is 29.3 Å². The Balaban J connectivity index is 3.03. The molecule has 0 aromatic heterocycles. The van der Waals surface area contributed by atoms with Gasteiger partial charge in [-0.2, -0.15) is 13.2 Å². The summed E-state index contributed by atoms with van der Waals surface area (Å²) in [6.45, 7) is 0. The van der Waals surface area contributed by atoms with E-state index in [4.69, 9.17) is 15.3 Å². The summed E-state index contributed by atoms with van der Waals surface area (Å²) in [4.78, 5) is 0. The fraction of sp³-hybridized carbons (Fsp3) is 0.250. The fourth-order valence-corrected chi connectivity index (χ4v) is 0.900. The van der Waals surface area contributed by atoms with Gasteiger partial charge in [0.2, 0.25) is 0 Å². The molecule has 14 heavy (non-hydrogen) atoms. The SMILES string of the molecule is Oc1ccc([C@@H](O)C(F)(F)F)cc1O. The normalized spacial score (nSPS) is 14.0. The lowest BCUT2D eigenvalue weighted by Crippen LogP contribution is -2.19. The van der Waals surface area contributed by atoms with E-state index in [-0.39, 0.29) is 0 Å². The van der Waals surface area contributed by atoms with Crippen molar-refractivity contribution in [2.45, 2.75) is 12.3 Å². The fourth-order valence-electron chi connectivity index (χ4n) is 0.900. The van der Waals surface area contributed by atoms with Crippen LogP contribution in [0.5, 0.6) is 11.5 Å². The predicted molar refractivity (Wildman–Crippen MR) is 40.8 cm³/mol. The molecule has 0 heterocycles. The molecule has 0 amide bonds. The third kappa shape index (κ3) is 2.08. The van der Waals surface area contributed by atoms with Gasteiger partial charge in [-0.15, -0.1) is 0 Å². The van der Waals surface area contributed by atoms with Crippen LogP contribution in [0.1, 0.15) is 11.7 Å². The molecule has 1 aromatic rings. The molecule has 0 bridgehead atoms. The highest BCUT2D eigenvalue weighted by atomic mass is 19.4. The molecule has 0 saturated carbocycles. The van der Waals surface area contributed by atoms with Gasteiger partial charge in [0, 0.05) is 0 Å². The zero-order chi connectivity index (χ0) is 10.9.